The fraction of sp³-hybridized carbons (Fsp3) is 0.320. The number of carbonyl (C=O) groups excluding carboxylic acids is 1. The molecule has 3 aromatic carbocycles. The normalized spacial score (nSPS) is 15.9. The summed E-state index contributed by atoms with van der Waals surface area (Å²) in [5.41, 5.74) is 1.84. The highest BCUT2D eigenvalue weighted by Crippen LogP contribution is 2.29. The Hall–Kier alpha value is -3.05. The quantitative estimate of drug-likeness (QED) is 0.697. The van der Waals surface area contributed by atoms with E-state index in [2.05, 4.69) is 28.0 Å². The Labute approximate surface area is 178 Å². The zero-order valence-electron chi connectivity index (χ0n) is 17.7. The van der Waals surface area contributed by atoms with Crippen LogP contribution in [0.25, 0.3) is 10.8 Å². The van der Waals surface area contributed by atoms with Crippen molar-refractivity contribution in [3.63, 3.8) is 0 Å². The molecular formula is C25H29N3O2. The molecule has 1 amide bonds. The fourth-order valence-electron chi connectivity index (χ4n) is 4.35. The van der Waals surface area contributed by atoms with Crippen molar-refractivity contribution in [1.82, 2.24) is 4.90 Å². The van der Waals surface area contributed by atoms with E-state index in [1.165, 1.54) is 0 Å². The van der Waals surface area contributed by atoms with E-state index in [1.807, 2.05) is 61.2 Å². The molecule has 1 aliphatic rings. The maximum atomic E-state index is 13.5. The number of fused-ring (bicyclic) bond motifs is 1. The lowest BCUT2D eigenvalue weighted by Crippen LogP contribution is -2.54. The minimum Gasteiger partial charge on any atom is -0.506 e. The fourth-order valence-corrected chi connectivity index (χ4v) is 4.35. The summed E-state index contributed by atoms with van der Waals surface area (Å²) in [6, 6.07) is 21.6. The molecule has 1 atom stereocenters. The topological polar surface area (TPSA) is 47.0 Å². The van der Waals surface area contributed by atoms with Crippen LogP contribution in [0.3, 0.4) is 0 Å². The molecule has 0 aromatic heterocycles. The lowest BCUT2D eigenvalue weighted by molar-refractivity contribution is -0.123. The number of benzene rings is 3. The zero-order chi connectivity index (χ0) is 21.1. The SMILES string of the molecule is CCN(C(=O)[C@@H](C)N1CCN(c2ccccc2O)CC1)c1cccc2ccccc12. The third kappa shape index (κ3) is 3.85. The first-order valence-electron chi connectivity index (χ1n) is 10.7. The molecule has 1 saturated heterocycles. The van der Waals surface area contributed by atoms with Gasteiger partial charge in [-0.15, -0.1) is 0 Å². The smallest absolute Gasteiger partial charge is 0.244 e. The Morgan fingerprint density at radius 3 is 2.37 bits per heavy atom. The van der Waals surface area contributed by atoms with Gasteiger partial charge in [0.15, 0.2) is 0 Å². The molecule has 0 saturated carbocycles. The number of likely N-dealkylation sites (N-methyl/N-ethyl adjacent to an activating group) is 1. The maximum absolute atomic E-state index is 13.5. The van der Waals surface area contributed by atoms with Crippen LogP contribution in [0.5, 0.6) is 5.75 Å². The standard InChI is InChI=1S/C25H29N3O2/c1-3-28(22-13-8-10-20-9-4-5-11-21(20)22)25(30)19(2)26-15-17-27(18-16-26)23-12-6-7-14-24(23)29/h4-14,19,29H,3,15-18H2,1-2H3/t19-/m1/s1. The first kappa shape index (κ1) is 20.2. The van der Waals surface area contributed by atoms with Gasteiger partial charge in [-0.3, -0.25) is 9.69 Å². The largest absolute Gasteiger partial charge is 0.506 e. The summed E-state index contributed by atoms with van der Waals surface area (Å²) in [6.45, 7) is 7.82. The summed E-state index contributed by atoms with van der Waals surface area (Å²) in [6.07, 6.45) is 0. The summed E-state index contributed by atoms with van der Waals surface area (Å²) >= 11 is 0. The molecule has 5 heteroatoms. The summed E-state index contributed by atoms with van der Waals surface area (Å²) < 4.78 is 0. The highest BCUT2D eigenvalue weighted by molar-refractivity contribution is 6.05. The van der Waals surface area contributed by atoms with Crippen molar-refractivity contribution < 1.29 is 9.90 Å². The molecular weight excluding hydrogens is 374 g/mol. The van der Waals surface area contributed by atoms with Crippen molar-refractivity contribution in [2.75, 3.05) is 42.5 Å². The van der Waals surface area contributed by atoms with Gasteiger partial charge in [0, 0.05) is 38.1 Å². The first-order chi connectivity index (χ1) is 14.6. The zero-order valence-corrected chi connectivity index (χ0v) is 17.7. The molecule has 1 N–H and O–H groups in total. The number of hydrogen-bond donors (Lipinski definition) is 1. The summed E-state index contributed by atoms with van der Waals surface area (Å²) in [5.74, 6) is 0.438. The molecule has 0 radical (unpaired) electrons. The van der Waals surface area contributed by atoms with E-state index in [4.69, 9.17) is 0 Å². The van der Waals surface area contributed by atoms with Crippen LogP contribution in [0.4, 0.5) is 11.4 Å². The number of carbonyl (C=O) groups is 1. The predicted octanol–water partition coefficient (Wildman–Crippen LogP) is 4.11. The van der Waals surface area contributed by atoms with Crippen LogP contribution in [0.1, 0.15) is 13.8 Å². The van der Waals surface area contributed by atoms with Crippen molar-refractivity contribution in [3.8, 4) is 5.75 Å². The Bertz CT molecular complexity index is 1020. The summed E-state index contributed by atoms with van der Waals surface area (Å²) in [4.78, 5) is 19.8. The van der Waals surface area contributed by atoms with Crippen molar-refractivity contribution >= 4 is 28.1 Å². The van der Waals surface area contributed by atoms with E-state index in [0.717, 1.165) is 48.3 Å². The third-order valence-corrected chi connectivity index (χ3v) is 6.08. The molecule has 5 nitrogen and oxygen atoms in total. The molecule has 0 bridgehead atoms. The van der Waals surface area contributed by atoms with Crippen LogP contribution in [-0.4, -0.2) is 54.7 Å². The number of phenolic OH excluding ortho intramolecular Hbond substituents is 1. The molecule has 0 spiro atoms. The lowest BCUT2D eigenvalue weighted by Gasteiger charge is -2.40. The van der Waals surface area contributed by atoms with E-state index < -0.39 is 0 Å². The number of amides is 1. The Morgan fingerprint density at radius 1 is 0.967 bits per heavy atom. The average molecular weight is 404 g/mol. The minimum absolute atomic E-state index is 0.130. The molecule has 0 aliphatic carbocycles. The number of anilines is 2. The number of nitrogens with zero attached hydrogens (tertiary/aromatic N) is 3. The summed E-state index contributed by atoms with van der Waals surface area (Å²) in [5, 5.41) is 12.4. The maximum Gasteiger partial charge on any atom is 0.244 e. The van der Waals surface area contributed by atoms with Crippen LogP contribution in [0, 0.1) is 0 Å². The number of hydrogen-bond acceptors (Lipinski definition) is 4. The van der Waals surface area contributed by atoms with Gasteiger partial charge in [-0.25, -0.2) is 0 Å². The second kappa shape index (κ2) is 8.76. The molecule has 1 aliphatic heterocycles. The van der Waals surface area contributed by atoms with E-state index in [1.54, 1.807) is 6.07 Å². The monoisotopic (exact) mass is 403 g/mol. The van der Waals surface area contributed by atoms with E-state index in [-0.39, 0.29) is 11.9 Å². The van der Waals surface area contributed by atoms with Crippen LogP contribution in [0.2, 0.25) is 0 Å². The van der Waals surface area contributed by atoms with E-state index in [9.17, 15) is 9.90 Å². The number of aromatic hydroxyl groups is 1. The highest BCUT2D eigenvalue weighted by atomic mass is 16.3. The molecule has 1 fully saturated rings. The van der Waals surface area contributed by atoms with Gasteiger partial charge in [0.2, 0.25) is 5.91 Å². The van der Waals surface area contributed by atoms with Gasteiger partial charge in [-0.1, -0.05) is 48.5 Å². The van der Waals surface area contributed by atoms with Gasteiger partial charge >= 0.3 is 0 Å². The highest BCUT2D eigenvalue weighted by Gasteiger charge is 2.30. The Morgan fingerprint density at radius 2 is 1.63 bits per heavy atom. The summed E-state index contributed by atoms with van der Waals surface area (Å²) in [7, 11) is 0. The first-order valence-corrected chi connectivity index (χ1v) is 10.7. The van der Waals surface area contributed by atoms with E-state index >= 15 is 0 Å². The predicted molar refractivity (Wildman–Crippen MR) is 123 cm³/mol. The molecule has 4 rings (SSSR count). The molecule has 30 heavy (non-hydrogen) atoms. The lowest BCUT2D eigenvalue weighted by atomic mass is 10.1. The second-order valence-corrected chi connectivity index (χ2v) is 7.77. The number of phenols is 1. The van der Waals surface area contributed by atoms with Crippen LogP contribution in [0.15, 0.2) is 66.7 Å². The number of para-hydroxylation sites is 2. The molecule has 3 aromatic rings. The second-order valence-electron chi connectivity index (χ2n) is 7.77. The third-order valence-electron chi connectivity index (χ3n) is 6.08. The van der Waals surface area contributed by atoms with Crippen LogP contribution < -0.4 is 9.80 Å². The minimum atomic E-state index is -0.199. The van der Waals surface area contributed by atoms with Gasteiger partial charge in [0.1, 0.15) is 5.75 Å². The Kier molecular flexibility index (Phi) is 5.91. The van der Waals surface area contributed by atoms with Crippen molar-refractivity contribution in [1.29, 1.82) is 0 Å². The number of piperazine rings is 1. The molecule has 156 valence electrons. The van der Waals surface area contributed by atoms with Crippen molar-refractivity contribution in [2.24, 2.45) is 0 Å². The van der Waals surface area contributed by atoms with Gasteiger partial charge in [-0.2, -0.15) is 0 Å². The number of rotatable bonds is 5. The van der Waals surface area contributed by atoms with Crippen molar-refractivity contribution in [2.45, 2.75) is 19.9 Å². The van der Waals surface area contributed by atoms with Crippen LogP contribution >= 0.6 is 0 Å². The van der Waals surface area contributed by atoms with Gasteiger partial charge in [0.25, 0.3) is 0 Å². The Balaban J connectivity index is 1.48. The van der Waals surface area contributed by atoms with E-state index in [0.29, 0.717) is 12.3 Å². The van der Waals surface area contributed by atoms with Gasteiger partial charge in [0.05, 0.1) is 17.4 Å². The molecule has 1 heterocycles. The van der Waals surface area contributed by atoms with Gasteiger partial charge < -0.3 is 14.9 Å². The van der Waals surface area contributed by atoms with Crippen LogP contribution in [-0.2, 0) is 4.79 Å². The van der Waals surface area contributed by atoms with Crippen molar-refractivity contribution in [3.05, 3.63) is 66.7 Å². The molecule has 0 unspecified atom stereocenters. The average Bonchev–Trinajstić information content (AvgIpc) is 2.79. The van der Waals surface area contributed by atoms with Gasteiger partial charge in [-0.05, 0) is 37.4 Å².